The number of aliphatic hydroxyl groups excluding tert-OH is 1. The van der Waals surface area contributed by atoms with Crippen molar-refractivity contribution in [2.45, 2.75) is 6.10 Å². The zero-order valence-corrected chi connectivity index (χ0v) is 14.1. The number of aliphatic hydroxyl groups is 1. The van der Waals surface area contributed by atoms with E-state index in [1.807, 2.05) is 0 Å². The number of nitrogens with zero attached hydrogens (tertiary/aromatic N) is 1. The van der Waals surface area contributed by atoms with Crippen molar-refractivity contribution >= 4 is 29.4 Å². The quantitative estimate of drug-likeness (QED) is 0.611. The number of imide groups is 1. The Morgan fingerprint density at radius 1 is 1.12 bits per heavy atom. The first-order valence-electron chi connectivity index (χ1n) is 7.68. The highest BCUT2D eigenvalue weighted by Crippen LogP contribution is 2.27. The van der Waals surface area contributed by atoms with Gasteiger partial charge < -0.3 is 14.9 Å². The minimum atomic E-state index is -1.60. The van der Waals surface area contributed by atoms with Crippen molar-refractivity contribution < 1.29 is 29.3 Å². The first-order chi connectivity index (χ1) is 12.4. The van der Waals surface area contributed by atoms with E-state index in [1.165, 1.54) is 18.2 Å². The zero-order chi connectivity index (χ0) is 18.8. The maximum absolute atomic E-state index is 12.2. The number of phenolic OH excluding ortho intramolecular Hbond substituents is 1. The molecule has 2 aromatic rings. The van der Waals surface area contributed by atoms with Crippen LogP contribution in [0.15, 0.2) is 42.5 Å². The molecule has 1 aliphatic heterocycles. The summed E-state index contributed by atoms with van der Waals surface area (Å²) in [7, 11) is 0. The third-order valence-corrected chi connectivity index (χ3v) is 4.25. The third-order valence-electron chi connectivity index (χ3n) is 3.95. The number of fused-ring (bicyclic) bond motifs is 1. The van der Waals surface area contributed by atoms with E-state index < -0.39 is 23.9 Å². The highest BCUT2D eigenvalue weighted by atomic mass is 35.5. The largest absolute Gasteiger partial charge is 0.506 e. The Labute approximate surface area is 153 Å². The maximum Gasteiger partial charge on any atom is 0.339 e. The van der Waals surface area contributed by atoms with Gasteiger partial charge in [0, 0.05) is 0 Å². The Hall–Kier alpha value is -2.90. The Morgan fingerprint density at radius 3 is 2.31 bits per heavy atom. The Balaban J connectivity index is 1.58. The molecule has 8 heteroatoms. The van der Waals surface area contributed by atoms with E-state index in [9.17, 15) is 24.6 Å². The molecular formula is C18H14ClNO6. The fourth-order valence-electron chi connectivity index (χ4n) is 2.59. The molecule has 1 unspecified atom stereocenters. The molecule has 2 N–H and O–H groups in total. The second-order valence-corrected chi connectivity index (χ2v) is 6.00. The molecule has 1 aliphatic rings. The molecule has 2 amide bonds. The van der Waals surface area contributed by atoms with E-state index in [1.54, 1.807) is 24.3 Å². The monoisotopic (exact) mass is 375 g/mol. The van der Waals surface area contributed by atoms with Gasteiger partial charge in [0.15, 0.2) is 6.10 Å². The molecule has 7 nitrogen and oxygen atoms in total. The van der Waals surface area contributed by atoms with Crippen LogP contribution in [0.4, 0.5) is 0 Å². The van der Waals surface area contributed by atoms with Crippen LogP contribution in [-0.4, -0.2) is 46.0 Å². The molecular weight excluding hydrogens is 362 g/mol. The lowest BCUT2D eigenvalue weighted by molar-refractivity contribution is -0.154. The van der Waals surface area contributed by atoms with E-state index in [-0.39, 0.29) is 29.5 Å². The van der Waals surface area contributed by atoms with Crippen molar-refractivity contribution in [2.75, 3.05) is 13.2 Å². The number of amides is 2. The summed E-state index contributed by atoms with van der Waals surface area (Å²) in [6.07, 6.45) is -1.60. The number of esters is 1. The summed E-state index contributed by atoms with van der Waals surface area (Å²) in [5, 5.41) is 19.3. The van der Waals surface area contributed by atoms with Gasteiger partial charge in [-0.2, -0.15) is 0 Å². The van der Waals surface area contributed by atoms with Crippen molar-refractivity contribution in [1.29, 1.82) is 0 Å². The van der Waals surface area contributed by atoms with E-state index >= 15 is 0 Å². The number of rotatable bonds is 5. The molecule has 3 rings (SSSR count). The molecule has 1 atom stereocenters. The van der Waals surface area contributed by atoms with Gasteiger partial charge in [-0.1, -0.05) is 29.8 Å². The number of carbonyl (C=O) groups is 3. The highest BCUT2D eigenvalue weighted by Gasteiger charge is 2.35. The number of aromatic hydroxyl groups is 1. The lowest BCUT2D eigenvalue weighted by Gasteiger charge is -2.15. The van der Waals surface area contributed by atoms with Gasteiger partial charge in [-0.15, -0.1) is 0 Å². The first kappa shape index (κ1) is 17.9. The van der Waals surface area contributed by atoms with E-state index in [0.29, 0.717) is 11.1 Å². The topological polar surface area (TPSA) is 104 Å². The predicted molar refractivity (Wildman–Crippen MR) is 90.8 cm³/mol. The van der Waals surface area contributed by atoms with Gasteiger partial charge in [-0.05, 0) is 29.8 Å². The molecule has 134 valence electrons. The number of hydrogen-bond acceptors (Lipinski definition) is 6. The zero-order valence-electron chi connectivity index (χ0n) is 13.4. The molecule has 0 radical (unpaired) electrons. The van der Waals surface area contributed by atoms with Crippen LogP contribution in [0.25, 0.3) is 0 Å². The number of benzene rings is 2. The number of halogens is 1. The SMILES string of the molecule is O=C(OCCN1C(=O)c2ccccc2C1=O)C(O)c1ccc(O)c(Cl)c1. The smallest absolute Gasteiger partial charge is 0.339 e. The highest BCUT2D eigenvalue weighted by molar-refractivity contribution is 6.32. The summed E-state index contributed by atoms with van der Waals surface area (Å²) in [5.74, 6) is -2.04. The second-order valence-electron chi connectivity index (χ2n) is 5.59. The van der Waals surface area contributed by atoms with Crippen molar-refractivity contribution in [2.24, 2.45) is 0 Å². The average Bonchev–Trinajstić information content (AvgIpc) is 2.88. The van der Waals surface area contributed by atoms with Gasteiger partial charge >= 0.3 is 5.97 Å². The third kappa shape index (κ3) is 3.26. The molecule has 0 saturated carbocycles. The Kier molecular flexibility index (Phi) is 4.92. The van der Waals surface area contributed by atoms with Gasteiger partial charge in [-0.25, -0.2) is 4.79 Å². The van der Waals surface area contributed by atoms with Crippen LogP contribution in [0.1, 0.15) is 32.4 Å². The van der Waals surface area contributed by atoms with E-state index in [0.717, 1.165) is 4.90 Å². The summed E-state index contributed by atoms with van der Waals surface area (Å²) < 4.78 is 4.95. The van der Waals surface area contributed by atoms with Crippen LogP contribution >= 0.6 is 11.6 Å². The molecule has 0 fully saturated rings. The molecule has 2 aromatic carbocycles. The van der Waals surface area contributed by atoms with Crippen LogP contribution < -0.4 is 0 Å². The normalized spacial score (nSPS) is 14.3. The molecule has 0 spiro atoms. The number of hydrogen-bond donors (Lipinski definition) is 2. The molecule has 26 heavy (non-hydrogen) atoms. The van der Waals surface area contributed by atoms with Crippen LogP contribution in [0.5, 0.6) is 5.75 Å². The minimum Gasteiger partial charge on any atom is -0.506 e. The summed E-state index contributed by atoms with van der Waals surface area (Å²) in [6.45, 7) is -0.381. The van der Waals surface area contributed by atoms with Gasteiger partial charge in [0.1, 0.15) is 12.4 Å². The minimum absolute atomic E-state index is 0.0135. The lowest BCUT2D eigenvalue weighted by Crippen LogP contribution is -2.34. The molecule has 1 heterocycles. The fraction of sp³-hybridized carbons (Fsp3) is 0.167. The lowest BCUT2D eigenvalue weighted by atomic mass is 10.1. The Bertz CT molecular complexity index is 862. The van der Waals surface area contributed by atoms with Crippen molar-refractivity contribution in [1.82, 2.24) is 4.90 Å². The van der Waals surface area contributed by atoms with Gasteiger partial charge in [0.2, 0.25) is 0 Å². The predicted octanol–water partition coefficient (Wildman–Crippen LogP) is 1.92. The van der Waals surface area contributed by atoms with Crippen LogP contribution in [0.3, 0.4) is 0 Å². The summed E-state index contributed by atoms with van der Waals surface area (Å²) >= 11 is 5.73. The number of phenols is 1. The molecule has 0 saturated heterocycles. The molecule has 0 aromatic heterocycles. The maximum atomic E-state index is 12.2. The number of ether oxygens (including phenoxy) is 1. The van der Waals surface area contributed by atoms with Crippen molar-refractivity contribution in [3.8, 4) is 5.75 Å². The molecule has 0 aliphatic carbocycles. The van der Waals surface area contributed by atoms with Gasteiger partial charge in [-0.3, -0.25) is 14.5 Å². The van der Waals surface area contributed by atoms with Gasteiger partial charge in [0.25, 0.3) is 11.8 Å². The average molecular weight is 376 g/mol. The summed E-state index contributed by atoms with van der Waals surface area (Å²) in [5.41, 5.74) is 0.767. The van der Waals surface area contributed by atoms with Crippen LogP contribution in [0.2, 0.25) is 5.02 Å². The standard InChI is InChI=1S/C18H14ClNO6/c19-13-9-10(5-6-14(13)21)15(22)18(25)26-8-7-20-16(23)11-3-1-2-4-12(11)17(20)24/h1-6,9,15,21-22H,7-8H2. The van der Waals surface area contributed by atoms with Gasteiger partial charge in [0.05, 0.1) is 22.7 Å². The van der Waals surface area contributed by atoms with E-state index in [2.05, 4.69) is 0 Å². The van der Waals surface area contributed by atoms with Crippen molar-refractivity contribution in [3.63, 3.8) is 0 Å². The van der Waals surface area contributed by atoms with Crippen molar-refractivity contribution in [3.05, 3.63) is 64.2 Å². The first-order valence-corrected chi connectivity index (χ1v) is 8.06. The van der Waals surface area contributed by atoms with Crippen LogP contribution in [0, 0.1) is 0 Å². The Morgan fingerprint density at radius 2 is 1.73 bits per heavy atom. The fourth-order valence-corrected chi connectivity index (χ4v) is 2.78. The van der Waals surface area contributed by atoms with Crippen LogP contribution in [-0.2, 0) is 9.53 Å². The van der Waals surface area contributed by atoms with E-state index in [4.69, 9.17) is 16.3 Å². The summed E-state index contributed by atoms with van der Waals surface area (Å²) in [4.78, 5) is 37.3. The number of carbonyl (C=O) groups excluding carboxylic acids is 3. The summed E-state index contributed by atoms with van der Waals surface area (Å²) in [6, 6.07) is 10.2. The molecule has 0 bridgehead atoms. The second kappa shape index (κ2) is 7.15.